The number of nitrogens with zero attached hydrogens (tertiary/aromatic N) is 1. The van der Waals surface area contributed by atoms with Crippen LogP contribution in [0.1, 0.15) is 17.4 Å². The topological polar surface area (TPSA) is 63.5 Å². The Labute approximate surface area is 105 Å². The fraction of sp³-hybridized carbons (Fsp3) is 0.545. The number of halogens is 1. The molecule has 0 bridgehead atoms. The van der Waals surface area contributed by atoms with Crippen LogP contribution < -0.4 is 5.32 Å². The van der Waals surface area contributed by atoms with Gasteiger partial charge < -0.3 is 19.7 Å². The number of aryl methyl sites for hydroxylation is 1. The molecule has 0 aliphatic rings. The number of hydrogen-bond acceptors (Lipinski definition) is 3. The van der Waals surface area contributed by atoms with Crippen molar-refractivity contribution in [3.63, 3.8) is 0 Å². The molecule has 0 radical (unpaired) electrons. The molecule has 1 unspecified atom stereocenters. The lowest BCUT2D eigenvalue weighted by Gasteiger charge is -2.11. The van der Waals surface area contributed by atoms with E-state index in [2.05, 4.69) is 5.32 Å². The fourth-order valence-electron chi connectivity index (χ4n) is 1.48. The molecular weight excluding hydrogens is 244 g/mol. The van der Waals surface area contributed by atoms with Crippen molar-refractivity contribution in [1.82, 2.24) is 9.88 Å². The van der Waals surface area contributed by atoms with Gasteiger partial charge in [-0.05, 0) is 13.0 Å². The molecule has 0 aromatic carbocycles. The van der Waals surface area contributed by atoms with Gasteiger partial charge in [0.25, 0.3) is 5.91 Å². The lowest BCUT2D eigenvalue weighted by Crippen LogP contribution is -2.35. The van der Waals surface area contributed by atoms with Crippen molar-refractivity contribution in [2.75, 3.05) is 20.3 Å². The standard InChI is InChI=1S/C11H17ClN2O3/c1-3-14-6-8(12)4-10(14)11(16)13-5-9(15)7-17-2/h4,6,9,15H,3,5,7H2,1-2H3,(H,13,16). The number of methoxy groups -OCH3 is 1. The van der Waals surface area contributed by atoms with E-state index >= 15 is 0 Å². The molecule has 0 spiro atoms. The van der Waals surface area contributed by atoms with Crippen LogP contribution in [0.2, 0.25) is 5.02 Å². The third-order valence-electron chi connectivity index (χ3n) is 2.29. The molecular formula is C11H17ClN2O3. The number of aliphatic hydroxyl groups is 1. The number of aromatic nitrogens is 1. The van der Waals surface area contributed by atoms with Crippen LogP contribution in [0.25, 0.3) is 0 Å². The van der Waals surface area contributed by atoms with E-state index in [1.807, 2.05) is 6.92 Å². The lowest BCUT2D eigenvalue weighted by molar-refractivity contribution is 0.0607. The highest BCUT2D eigenvalue weighted by molar-refractivity contribution is 6.31. The number of carbonyl (C=O) groups excluding carboxylic acids is 1. The quantitative estimate of drug-likeness (QED) is 0.799. The van der Waals surface area contributed by atoms with Crippen LogP contribution in [0.5, 0.6) is 0 Å². The largest absolute Gasteiger partial charge is 0.389 e. The van der Waals surface area contributed by atoms with Gasteiger partial charge in [-0.15, -0.1) is 0 Å². The van der Waals surface area contributed by atoms with E-state index in [4.69, 9.17) is 16.3 Å². The van der Waals surface area contributed by atoms with Crippen molar-refractivity contribution in [3.8, 4) is 0 Å². The molecule has 1 amide bonds. The van der Waals surface area contributed by atoms with E-state index in [1.54, 1.807) is 16.8 Å². The Morgan fingerprint density at radius 1 is 1.71 bits per heavy atom. The summed E-state index contributed by atoms with van der Waals surface area (Å²) >= 11 is 5.83. The Morgan fingerprint density at radius 3 is 3.00 bits per heavy atom. The zero-order valence-corrected chi connectivity index (χ0v) is 10.7. The van der Waals surface area contributed by atoms with Gasteiger partial charge in [-0.25, -0.2) is 0 Å². The van der Waals surface area contributed by atoms with Crippen molar-refractivity contribution in [3.05, 3.63) is 23.0 Å². The van der Waals surface area contributed by atoms with Crippen molar-refractivity contribution < 1.29 is 14.6 Å². The molecule has 2 N–H and O–H groups in total. The Hall–Kier alpha value is -1.04. The van der Waals surface area contributed by atoms with Crippen LogP contribution in [0.3, 0.4) is 0 Å². The highest BCUT2D eigenvalue weighted by Gasteiger charge is 2.13. The van der Waals surface area contributed by atoms with Gasteiger partial charge in [-0.1, -0.05) is 11.6 Å². The van der Waals surface area contributed by atoms with Gasteiger partial charge in [-0.3, -0.25) is 4.79 Å². The van der Waals surface area contributed by atoms with Gasteiger partial charge in [0.05, 0.1) is 17.7 Å². The Kier molecular flexibility index (Phi) is 5.47. The predicted molar refractivity (Wildman–Crippen MR) is 65.3 cm³/mol. The highest BCUT2D eigenvalue weighted by atomic mass is 35.5. The average molecular weight is 261 g/mol. The van der Waals surface area contributed by atoms with E-state index in [0.29, 0.717) is 17.3 Å². The minimum absolute atomic E-state index is 0.152. The molecule has 1 atom stereocenters. The van der Waals surface area contributed by atoms with Crippen LogP contribution in [0.15, 0.2) is 12.3 Å². The molecule has 1 aromatic heterocycles. The van der Waals surface area contributed by atoms with Crippen molar-refractivity contribution >= 4 is 17.5 Å². The second-order valence-corrected chi connectivity index (χ2v) is 4.09. The van der Waals surface area contributed by atoms with Gasteiger partial charge in [0.1, 0.15) is 5.69 Å². The number of amides is 1. The first-order valence-electron chi connectivity index (χ1n) is 5.39. The summed E-state index contributed by atoms with van der Waals surface area (Å²) in [6.45, 7) is 2.93. The molecule has 17 heavy (non-hydrogen) atoms. The molecule has 1 aromatic rings. The summed E-state index contributed by atoms with van der Waals surface area (Å²) in [6.07, 6.45) is 0.992. The summed E-state index contributed by atoms with van der Waals surface area (Å²) in [5.41, 5.74) is 0.488. The van der Waals surface area contributed by atoms with Crippen LogP contribution >= 0.6 is 11.6 Å². The van der Waals surface area contributed by atoms with Gasteiger partial charge in [0.15, 0.2) is 0 Å². The van der Waals surface area contributed by atoms with Crippen molar-refractivity contribution in [1.29, 1.82) is 0 Å². The first-order valence-corrected chi connectivity index (χ1v) is 5.77. The van der Waals surface area contributed by atoms with E-state index in [1.165, 1.54) is 7.11 Å². The second kappa shape index (κ2) is 6.64. The Bertz CT molecular complexity index is 379. The second-order valence-electron chi connectivity index (χ2n) is 3.65. The predicted octanol–water partition coefficient (Wildman–Crippen LogP) is 0.898. The molecule has 96 valence electrons. The summed E-state index contributed by atoms with van der Waals surface area (Å²) in [5, 5.41) is 12.5. The number of aliphatic hydroxyl groups excluding tert-OH is 1. The highest BCUT2D eigenvalue weighted by Crippen LogP contribution is 2.13. The summed E-state index contributed by atoms with van der Waals surface area (Å²) in [7, 11) is 1.49. The number of hydrogen-bond donors (Lipinski definition) is 2. The van der Waals surface area contributed by atoms with E-state index < -0.39 is 6.10 Å². The normalized spacial score (nSPS) is 12.5. The summed E-state index contributed by atoms with van der Waals surface area (Å²) in [5.74, 6) is -0.256. The van der Waals surface area contributed by atoms with Crippen LogP contribution in [0.4, 0.5) is 0 Å². The minimum Gasteiger partial charge on any atom is -0.389 e. The van der Waals surface area contributed by atoms with Crippen molar-refractivity contribution in [2.45, 2.75) is 19.6 Å². The van der Waals surface area contributed by atoms with Crippen LogP contribution in [0, 0.1) is 0 Å². The average Bonchev–Trinajstić information content (AvgIpc) is 2.68. The number of carbonyl (C=O) groups is 1. The number of rotatable bonds is 6. The van der Waals surface area contributed by atoms with Gasteiger partial charge in [0.2, 0.25) is 0 Å². The molecule has 0 saturated carbocycles. The molecule has 0 aliphatic heterocycles. The monoisotopic (exact) mass is 260 g/mol. The van der Waals surface area contributed by atoms with Crippen molar-refractivity contribution in [2.24, 2.45) is 0 Å². The van der Waals surface area contributed by atoms with Gasteiger partial charge in [0, 0.05) is 26.4 Å². The molecule has 0 fully saturated rings. The van der Waals surface area contributed by atoms with Crippen LogP contribution in [-0.4, -0.2) is 41.9 Å². The zero-order valence-electron chi connectivity index (χ0n) is 9.94. The molecule has 5 nitrogen and oxygen atoms in total. The molecule has 0 saturated heterocycles. The zero-order chi connectivity index (χ0) is 12.8. The lowest BCUT2D eigenvalue weighted by atomic mass is 10.3. The molecule has 6 heteroatoms. The molecule has 1 rings (SSSR count). The third-order valence-corrected chi connectivity index (χ3v) is 2.50. The van der Waals surface area contributed by atoms with Crippen LogP contribution in [-0.2, 0) is 11.3 Å². The smallest absolute Gasteiger partial charge is 0.268 e. The fourth-order valence-corrected chi connectivity index (χ4v) is 1.70. The van der Waals surface area contributed by atoms with Gasteiger partial charge in [-0.2, -0.15) is 0 Å². The van der Waals surface area contributed by atoms with E-state index in [-0.39, 0.29) is 19.1 Å². The summed E-state index contributed by atoms with van der Waals surface area (Å²) in [6, 6.07) is 1.60. The summed E-state index contributed by atoms with van der Waals surface area (Å²) in [4.78, 5) is 11.8. The SMILES string of the molecule is CCn1cc(Cl)cc1C(=O)NCC(O)COC. The Balaban J connectivity index is 2.57. The Morgan fingerprint density at radius 2 is 2.41 bits per heavy atom. The first-order chi connectivity index (χ1) is 8.08. The maximum Gasteiger partial charge on any atom is 0.268 e. The van der Waals surface area contributed by atoms with E-state index in [0.717, 1.165) is 0 Å². The minimum atomic E-state index is -0.704. The summed E-state index contributed by atoms with van der Waals surface area (Å²) < 4.78 is 6.51. The number of nitrogens with one attached hydrogen (secondary N) is 1. The maximum atomic E-state index is 11.8. The first kappa shape index (κ1) is 14.0. The number of ether oxygens (including phenoxy) is 1. The van der Waals surface area contributed by atoms with Gasteiger partial charge >= 0.3 is 0 Å². The maximum absolute atomic E-state index is 11.8. The van der Waals surface area contributed by atoms with E-state index in [9.17, 15) is 9.90 Å². The molecule has 0 aliphatic carbocycles. The third kappa shape index (κ3) is 4.03. The molecule has 1 heterocycles.